The molecule has 23 heavy (non-hydrogen) atoms. The van der Waals surface area contributed by atoms with Crippen LogP contribution in [-0.2, 0) is 16.6 Å². The summed E-state index contributed by atoms with van der Waals surface area (Å²) in [7, 11) is -3.62. The average Bonchev–Trinajstić information content (AvgIpc) is 2.59. The molecule has 2 N–H and O–H groups in total. The molecule has 0 bridgehead atoms. The van der Waals surface area contributed by atoms with Crippen LogP contribution >= 0.6 is 0 Å². The molecule has 0 aliphatic heterocycles. The van der Waals surface area contributed by atoms with Crippen LogP contribution in [0.5, 0.6) is 0 Å². The van der Waals surface area contributed by atoms with Crippen LogP contribution in [0.15, 0.2) is 53.7 Å². The maximum Gasteiger partial charge on any atom is 0.251 e. The Bertz CT molecular complexity index is 744. The van der Waals surface area contributed by atoms with Gasteiger partial charge in [-0.3, -0.25) is 9.78 Å². The number of carbonyl (C=O) groups is 1. The standard InChI is InChI=1S/C16H19N3O3S/c1-2-9-18-16(20)14-3-5-15(6-4-14)23(21,22)19-12-13-7-10-17-11-8-13/h3-8,10-11,19H,2,9,12H2,1H3,(H,18,20). The molecule has 1 amide bonds. The molecule has 0 unspecified atom stereocenters. The van der Waals surface area contributed by atoms with E-state index < -0.39 is 10.0 Å². The van der Waals surface area contributed by atoms with E-state index in [1.54, 1.807) is 24.5 Å². The summed E-state index contributed by atoms with van der Waals surface area (Å²) in [5.74, 6) is -0.208. The van der Waals surface area contributed by atoms with Gasteiger partial charge in [0.25, 0.3) is 5.91 Å². The molecule has 1 heterocycles. The van der Waals surface area contributed by atoms with Crippen LogP contribution in [-0.4, -0.2) is 25.9 Å². The molecule has 0 saturated heterocycles. The zero-order valence-electron chi connectivity index (χ0n) is 12.8. The van der Waals surface area contributed by atoms with Crippen LogP contribution in [0.25, 0.3) is 0 Å². The van der Waals surface area contributed by atoms with E-state index in [-0.39, 0.29) is 17.3 Å². The fourth-order valence-electron chi connectivity index (χ4n) is 1.89. The Morgan fingerprint density at radius 1 is 1.09 bits per heavy atom. The molecule has 1 aromatic carbocycles. The van der Waals surface area contributed by atoms with Crippen LogP contribution in [0.1, 0.15) is 29.3 Å². The highest BCUT2D eigenvalue weighted by Gasteiger charge is 2.14. The van der Waals surface area contributed by atoms with Crippen LogP contribution in [0, 0.1) is 0 Å². The maximum atomic E-state index is 12.2. The van der Waals surface area contributed by atoms with E-state index >= 15 is 0 Å². The minimum Gasteiger partial charge on any atom is -0.352 e. The molecule has 0 saturated carbocycles. The van der Waals surface area contributed by atoms with E-state index in [1.807, 2.05) is 6.92 Å². The Labute approximate surface area is 136 Å². The number of sulfonamides is 1. The third-order valence-corrected chi connectivity index (χ3v) is 4.60. The zero-order chi connectivity index (χ0) is 16.7. The number of benzene rings is 1. The van der Waals surface area contributed by atoms with E-state index in [9.17, 15) is 13.2 Å². The second kappa shape index (κ2) is 7.85. The molecule has 0 spiro atoms. The number of hydrogen-bond donors (Lipinski definition) is 2. The molecule has 0 atom stereocenters. The molecule has 2 aromatic rings. The minimum atomic E-state index is -3.62. The van der Waals surface area contributed by atoms with Crippen molar-refractivity contribution >= 4 is 15.9 Å². The normalized spacial score (nSPS) is 11.2. The Morgan fingerprint density at radius 3 is 2.35 bits per heavy atom. The average molecular weight is 333 g/mol. The van der Waals surface area contributed by atoms with E-state index in [1.165, 1.54) is 24.3 Å². The van der Waals surface area contributed by atoms with Crippen LogP contribution in [0.3, 0.4) is 0 Å². The van der Waals surface area contributed by atoms with Gasteiger partial charge in [-0.1, -0.05) is 6.92 Å². The summed E-state index contributed by atoms with van der Waals surface area (Å²) in [6.07, 6.45) is 4.05. The van der Waals surface area contributed by atoms with Gasteiger partial charge in [-0.05, 0) is 48.4 Å². The number of nitrogens with zero attached hydrogens (tertiary/aromatic N) is 1. The largest absolute Gasteiger partial charge is 0.352 e. The summed E-state index contributed by atoms with van der Waals surface area (Å²) in [6.45, 7) is 2.74. The Kier molecular flexibility index (Phi) is 5.84. The quantitative estimate of drug-likeness (QED) is 0.807. The van der Waals surface area contributed by atoms with Crippen molar-refractivity contribution in [3.63, 3.8) is 0 Å². The van der Waals surface area contributed by atoms with Crippen molar-refractivity contribution in [1.29, 1.82) is 0 Å². The highest BCUT2D eigenvalue weighted by molar-refractivity contribution is 7.89. The molecule has 122 valence electrons. The fraction of sp³-hybridized carbons (Fsp3) is 0.250. The summed E-state index contributed by atoms with van der Waals surface area (Å²) in [4.78, 5) is 15.8. The summed E-state index contributed by atoms with van der Waals surface area (Å²) in [5, 5.41) is 2.74. The highest BCUT2D eigenvalue weighted by Crippen LogP contribution is 2.11. The molecule has 2 rings (SSSR count). The Balaban J connectivity index is 2.04. The summed E-state index contributed by atoms with van der Waals surface area (Å²) in [6, 6.07) is 9.34. The van der Waals surface area contributed by atoms with Gasteiger partial charge in [-0.2, -0.15) is 0 Å². The highest BCUT2D eigenvalue weighted by atomic mass is 32.2. The van der Waals surface area contributed by atoms with Gasteiger partial charge in [-0.25, -0.2) is 13.1 Å². The predicted molar refractivity (Wildman–Crippen MR) is 87.3 cm³/mol. The Hall–Kier alpha value is -2.25. The number of amides is 1. The van der Waals surface area contributed by atoms with Crippen LogP contribution in [0.2, 0.25) is 0 Å². The lowest BCUT2D eigenvalue weighted by atomic mass is 10.2. The van der Waals surface area contributed by atoms with E-state index in [4.69, 9.17) is 0 Å². The smallest absolute Gasteiger partial charge is 0.251 e. The zero-order valence-corrected chi connectivity index (χ0v) is 13.6. The van der Waals surface area contributed by atoms with Crippen LogP contribution in [0.4, 0.5) is 0 Å². The van der Waals surface area contributed by atoms with E-state index in [0.29, 0.717) is 12.1 Å². The second-order valence-corrected chi connectivity index (χ2v) is 6.73. The van der Waals surface area contributed by atoms with Crippen molar-refractivity contribution in [2.75, 3.05) is 6.54 Å². The van der Waals surface area contributed by atoms with Gasteiger partial charge in [0, 0.05) is 31.0 Å². The second-order valence-electron chi connectivity index (χ2n) is 4.96. The third kappa shape index (κ3) is 4.87. The molecule has 1 aromatic heterocycles. The van der Waals surface area contributed by atoms with Crippen molar-refractivity contribution in [3.05, 3.63) is 59.9 Å². The maximum absolute atomic E-state index is 12.2. The minimum absolute atomic E-state index is 0.124. The van der Waals surface area contributed by atoms with E-state index in [0.717, 1.165) is 12.0 Å². The van der Waals surface area contributed by atoms with Crippen LogP contribution < -0.4 is 10.0 Å². The van der Waals surface area contributed by atoms with Gasteiger partial charge in [-0.15, -0.1) is 0 Å². The molecule has 0 aliphatic carbocycles. The van der Waals surface area contributed by atoms with Gasteiger partial charge < -0.3 is 5.32 Å². The molecule has 7 heteroatoms. The number of nitrogens with one attached hydrogen (secondary N) is 2. The lowest BCUT2D eigenvalue weighted by Gasteiger charge is -2.08. The fourth-order valence-corrected chi connectivity index (χ4v) is 2.91. The third-order valence-electron chi connectivity index (χ3n) is 3.18. The first kappa shape index (κ1) is 17.1. The van der Waals surface area contributed by atoms with E-state index in [2.05, 4.69) is 15.0 Å². The lowest BCUT2D eigenvalue weighted by Crippen LogP contribution is -2.25. The Morgan fingerprint density at radius 2 is 1.74 bits per heavy atom. The molecule has 0 aliphatic rings. The SMILES string of the molecule is CCCNC(=O)c1ccc(S(=O)(=O)NCc2ccncc2)cc1. The first-order valence-electron chi connectivity index (χ1n) is 7.30. The molecular weight excluding hydrogens is 314 g/mol. The lowest BCUT2D eigenvalue weighted by molar-refractivity contribution is 0.0953. The summed E-state index contributed by atoms with van der Waals surface area (Å²) < 4.78 is 27.0. The van der Waals surface area contributed by atoms with Crippen molar-refractivity contribution in [2.45, 2.75) is 24.8 Å². The summed E-state index contributed by atoms with van der Waals surface area (Å²) >= 11 is 0. The first-order chi connectivity index (χ1) is 11.0. The number of pyridine rings is 1. The first-order valence-corrected chi connectivity index (χ1v) is 8.78. The van der Waals surface area contributed by atoms with Crippen molar-refractivity contribution < 1.29 is 13.2 Å². The van der Waals surface area contributed by atoms with Crippen molar-refractivity contribution in [2.24, 2.45) is 0 Å². The van der Waals surface area contributed by atoms with Gasteiger partial charge in [0.1, 0.15) is 0 Å². The van der Waals surface area contributed by atoms with Crippen molar-refractivity contribution in [3.8, 4) is 0 Å². The molecule has 6 nitrogen and oxygen atoms in total. The van der Waals surface area contributed by atoms with Gasteiger partial charge >= 0.3 is 0 Å². The predicted octanol–water partition coefficient (Wildman–Crippen LogP) is 1.70. The monoisotopic (exact) mass is 333 g/mol. The van der Waals surface area contributed by atoms with Gasteiger partial charge in [0.2, 0.25) is 10.0 Å². The number of rotatable bonds is 7. The van der Waals surface area contributed by atoms with Gasteiger partial charge in [0.15, 0.2) is 0 Å². The number of aromatic nitrogens is 1. The van der Waals surface area contributed by atoms with Gasteiger partial charge in [0.05, 0.1) is 4.90 Å². The molecule has 0 fully saturated rings. The number of hydrogen-bond acceptors (Lipinski definition) is 4. The summed E-state index contributed by atoms with van der Waals surface area (Å²) in [5.41, 5.74) is 1.26. The molecule has 0 radical (unpaired) electrons. The molecular formula is C16H19N3O3S. The van der Waals surface area contributed by atoms with Crippen molar-refractivity contribution in [1.82, 2.24) is 15.0 Å². The number of carbonyl (C=O) groups excluding carboxylic acids is 1. The topological polar surface area (TPSA) is 88.2 Å².